The Hall–Kier alpha value is -2.80. The maximum Gasteiger partial charge on any atom is 0.314 e. The second kappa shape index (κ2) is 10.4. The van der Waals surface area contributed by atoms with Gasteiger partial charge in [0.15, 0.2) is 0 Å². The van der Waals surface area contributed by atoms with E-state index in [1.54, 1.807) is 19.2 Å². The molecule has 2 aromatic rings. The van der Waals surface area contributed by atoms with Crippen LogP contribution in [0.5, 0.6) is 11.5 Å². The summed E-state index contributed by atoms with van der Waals surface area (Å²) < 4.78 is 23.7. The lowest BCUT2D eigenvalue weighted by Crippen LogP contribution is -2.41. The van der Waals surface area contributed by atoms with Crippen molar-refractivity contribution in [2.24, 2.45) is 0 Å². The first-order chi connectivity index (χ1) is 13.0. The molecule has 146 valence electrons. The van der Waals surface area contributed by atoms with Gasteiger partial charge in [-0.05, 0) is 44.4 Å². The van der Waals surface area contributed by atoms with Crippen LogP contribution in [0.25, 0.3) is 0 Å². The van der Waals surface area contributed by atoms with Gasteiger partial charge < -0.3 is 25.0 Å². The molecular formula is C20H26FN3O3. The van der Waals surface area contributed by atoms with Crippen molar-refractivity contribution in [1.82, 2.24) is 15.5 Å². The molecule has 0 aliphatic heterocycles. The predicted molar refractivity (Wildman–Crippen MR) is 103 cm³/mol. The summed E-state index contributed by atoms with van der Waals surface area (Å²) in [4.78, 5) is 14.1. The minimum Gasteiger partial charge on any atom is -0.496 e. The molecule has 2 N–H and O–H groups in total. The molecule has 2 aromatic carbocycles. The Morgan fingerprint density at radius 1 is 1.11 bits per heavy atom. The topological polar surface area (TPSA) is 62.8 Å². The van der Waals surface area contributed by atoms with E-state index in [-0.39, 0.29) is 17.9 Å². The van der Waals surface area contributed by atoms with Gasteiger partial charge >= 0.3 is 6.03 Å². The fraction of sp³-hybridized carbons (Fsp3) is 0.350. The summed E-state index contributed by atoms with van der Waals surface area (Å²) in [5, 5.41) is 5.61. The van der Waals surface area contributed by atoms with E-state index in [4.69, 9.17) is 9.47 Å². The van der Waals surface area contributed by atoms with Crippen LogP contribution in [0.1, 0.15) is 11.6 Å². The number of methoxy groups -OCH3 is 1. The maximum absolute atomic E-state index is 12.8. The third-order valence-corrected chi connectivity index (χ3v) is 4.05. The number of nitrogens with one attached hydrogen (secondary N) is 2. The molecule has 2 amide bonds. The minimum absolute atomic E-state index is 0.0256. The number of halogens is 1. The molecule has 0 radical (unpaired) electrons. The zero-order valence-corrected chi connectivity index (χ0v) is 15.9. The number of ether oxygens (including phenoxy) is 2. The Morgan fingerprint density at radius 2 is 1.81 bits per heavy atom. The van der Waals surface area contributed by atoms with Crippen LogP contribution < -0.4 is 20.1 Å². The number of benzene rings is 2. The molecule has 0 spiro atoms. The van der Waals surface area contributed by atoms with Crippen molar-refractivity contribution < 1.29 is 18.7 Å². The second-order valence-electron chi connectivity index (χ2n) is 6.16. The molecule has 6 nitrogen and oxygen atoms in total. The van der Waals surface area contributed by atoms with E-state index < -0.39 is 0 Å². The standard InChI is InChI=1S/C20H26FN3O3/c1-24(2)18(17-6-4-5-7-19(17)26-3)14-23-20(25)22-12-13-27-16-10-8-15(21)9-11-16/h4-11,18H,12-14H2,1-3H3,(H2,22,23,25). The molecular weight excluding hydrogens is 349 g/mol. The van der Waals surface area contributed by atoms with Crippen molar-refractivity contribution in [2.75, 3.05) is 40.9 Å². The molecule has 0 fully saturated rings. The zero-order chi connectivity index (χ0) is 19.6. The van der Waals surface area contributed by atoms with Crippen LogP contribution in [0, 0.1) is 5.82 Å². The number of hydrogen-bond acceptors (Lipinski definition) is 4. The van der Waals surface area contributed by atoms with Gasteiger partial charge in [-0.15, -0.1) is 0 Å². The van der Waals surface area contributed by atoms with Crippen LogP contribution in [0.15, 0.2) is 48.5 Å². The SMILES string of the molecule is COc1ccccc1C(CNC(=O)NCCOc1ccc(F)cc1)N(C)C. The van der Waals surface area contributed by atoms with Crippen molar-refractivity contribution in [3.8, 4) is 11.5 Å². The average Bonchev–Trinajstić information content (AvgIpc) is 2.67. The fourth-order valence-electron chi connectivity index (χ4n) is 2.63. The number of hydrogen-bond donors (Lipinski definition) is 2. The minimum atomic E-state index is -0.314. The van der Waals surface area contributed by atoms with E-state index in [0.717, 1.165) is 11.3 Å². The lowest BCUT2D eigenvalue weighted by atomic mass is 10.0. The van der Waals surface area contributed by atoms with E-state index in [0.29, 0.717) is 25.4 Å². The lowest BCUT2D eigenvalue weighted by Gasteiger charge is -2.26. The van der Waals surface area contributed by atoms with Crippen LogP contribution in [0.4, 0.5) is 9.18 Å². The molecule has 0 aromatic heterocycles. The van der Waals surface area contributed by atoms with Gasteiger partial charge in [0.2, 0.25) is 0 Å². The molecule has 0 heterocycles. The van der Waals surface area contributed by atoms with Crippen molar-refractivity contribution in [1.29, 1.82) is 0 Å². The fourth-order valence-corrected chi connectivity index (χ4v) is 2.63. The van der Waals surface area contributed by atoms with E-state index in [1.165, 1.54) is 12.1 Å². The van der Waals surface area contributed by atoms with Crippen LogP contribution in [-0.4, -0.2) is 51.8 Å². The summed E-state index contributed by atoms with van der Waals surface area (Å²) in [5.74, 6) is 1.03. The summed E-state index contributed by atoms with van der Waals surface area (Å²) in [6.45, 7) is 1.06. The smallest absolute Gasteiger partial charge is 0.314 e. The number of amides is 2. The van der Waals surface area contributed by atoms with Crippen LogP contribution in [0.3, 0.4) is 0 Å². The second-order valence-corrected chi connectivity index (χ2v) is 6.16. The Morgan fingerprint density at radius 3 is 2.48 bits per heavy atom. The normalized spacial score (nSPS) is 11.7. The quantitative estimate of drug-likeness (QED) is 0.662. The Bertz CT molecular complexity index is 723. The number of carbonyl (C=O) groups is 1. The molecule has 0 aliphatic rings. The summed E-state index contributed by atoms with van der Waals surface area (Å²) in [6.07, 6.45) is 0. The molecule has 2 rings (SSSR count). The van der Waals surface area contributed by atoms with Crippen molar-refractivity contribution >= 4 is 6.03 Å². The third-order valence-electron chi connectivity index (χ3n) is 4.05. The third kappa shape index (κ3) is 6.45. The van der Waals surface area contributed by atoms with Gasteiger partial charge in [0.1, 0.15) is 23.9 Å². The number of urea groups is 1. The predicted octanol–water partition coefficient (Wildman–Crippen LogP) is 2.82. The summed E-state index contributed by atoms with van der Waals surface area (Å²) >= 11 is 0. The first kappa shape index (κ1) is 20.5. The van der Waals surface area contributed by atoms with Crippen LogP contribution >= 0.6 is 0 Å². The Kier molecular flexibility index (Phi) is 7.88. The number of para-hydroxylation sites is 1. The highest BCUT2D eigenvalue weighted by atomic mass is 19.1. The first-order valence-corrected chi connectivity index (χ1v) is 8.70. The van der Waals surface area contributed by atoms with Crippen LogP contribution in [-0.2, 0) is 0 Å². The average molecular weight is 375 g/mol. The molecule has 0 bridgehead atoms. The van der Waals surface area contributed by atoms with E-state index in [2.05, 4.69) is 10.6 Å². The highest BCUT2D eigenvalue weighted by molar-refractivity contribution is 5.73. The number of nitrogens with zero attached hydrogens (tertiary/aromatic N) is 1. The van der Waals surface area contributed by atoms with Gasteiger partial charge in [0.25, 0.3) is 0 Å². The maximum atomic E-state index is 12.8. The lowest BCUT2D eigenvalue weighted by molar-refractivity contribution is 0.228. The van der Waals surface area contributed by atoms with Gasteiger partial charge in [-0.3, -0.25) is 0 Å². The van der Waals surface area contributed by atoms with Crippen molar-refractivity contribution in [2.45, 2.75) is 6.04 Å². The molecule has 1 atom stereocenters. The monoisotopic (exact) mass is 375 g/mol. The number of likely N-dealkylation sites (N-methyl/N-ethyl adjacent to an activating group) is 1. The summed E-state index contributed by atoms with van der Waals surface area (Å²) in [7, 11) is 5.53. The van der Waals surface area contributed by atoms with Gasteiger partial charge in [0.05, 0.1) is 19.7 Å². The molecule has 27 heavy (non-hydrogen) atoms. The number of rotatable bonds is 9. The zero-order valence-electron chi connectivity index (χ0n) is 15.9. The van der Waals surface area contributed by atoms with Crippen molar-refractivity contribution in [3.05, 3.63) is 59.9 Å². The van der Waals surface area contributed by atoms with Gasteiger partial charge in [0, 0.05) is 12.1 Å². The van der Waals surface area contributed by atoms with Crippen LogP contribution in [0.2, 0.25) is 0 Å². The van der Waals surface area contributed by atoms with Gasteiger partial charge in [-0.1, -0.05) is 18.2 Å². The van der Waals surface area contributed by atoms with E-state index in [9.17, 15) is 9.18 Å². The van der Waals surface area contributed by atoms with E-state index >= 15 is 0 Å². The molecule has 1 unspecified atom stereocenters. The Labute approximate surface area is 159 Å². The Balaban J connectivity index is 1.77. The van der Waals surface area contributed by atoms with Gasteiger partial charge in [-0.25, -0.2) is 9.18 Å². The molecule has 0 aliphatic carbocycles. The number of carbonyl (C=O) groups excluding carboxylic acids is 1. The largest absolute Gasteiger partial charge is 0.496 e. The summed E-state index contributed by atoms with van der Waals surface area (Å²) in [6, 6.07) is 13.2. The molecule has 0 saturated carbocycles. The molecule has 7 heteroatoms. The van der Waals surface area contributed by atoms with Gasteiger partial charge in [-0.2, -0.15) is 0 Å². The first-order valence-electron chi connectivity index (χ1n) is 8.70. The van der Waals surface area contributed by atoms with E-state index in [1.807, 2.05) is 43.3 Å². The van der Waals surface area contributed by atoms with Crippen molar-refractivity contribution in [3.63, 3.8) is 0 Å². The highest BCUT2D eigenvalue weighted by Crippen LogP contribution is 2.27. The summed E-state index contributed by atoms with van der Waals surface area (Å²) in [5.41, 5.74) is 1.00. The molecule has 0 saturated heterocycles. The highest BCUT2D eigenvalue weighted by Gasteiger charge is 2.18.